The molecule has 4 nitrogen and oxygen atoms in total. The Bertz CT molecular complexity index is 718. The van der Waals surface area contributed by atoms with E-state index in [0.717, 1.165) is 5.75 Å². The van der Waals surface area contributed by atoms with Crippen LogP contribution in [0.3, 0.4) is 0 Å². The maximum absolute atomic E-state index is 12.2. The molecule has 0 heterocycles. The molecule has 25 heavy (non-hydrogen) atoms. The van der Waals surface area contributed by atoms with Crippen molar-refractivity contribution in [3.63, 3.8) is 0 Å². The van der Waals surface area contributed by atoms with Crippen molar-refractivity contribution >= 4 is 17.5 Å². The Balaban J connectivity index is 1.78. The highest BCUT2D eigenvalue weighted by atomic mass is 35.5. The van der Waals surface area contributed by atoms with Crippen molar-refractivity contribution in [2.75, 3.05) is 13.2 Å². The summed E-state index contributed by atoms with van der Waals surface area (Å²) >= 11 is 5.94. The zero-order valence-corrected chi connectivity index (χ0v) is 15.6. The minimum Gasteiger partial charge on any atom is -0.492 e. The van der Waals surface area contributed by atoms with E-state index >= 15 is 0 Å². The van der Waals surface area contributed by atoms with E-state index in [4.69, 9.17) is 21.1 Å². The zero-order valence-electron chi connectivity index (χ0n) is 14.8. The van der Waals surface area contributed by atoms with E-state index in [-0.39, 0.29) is 5.91 Å². The largest absolute Gasteiger partial charge is 0.492 e. The lowest BCUT2D eigenvalue weighted by molar-refractivity contribution is -0.128. The summed E-state index contributed by atoms with van der Waals surface area (Å²) < 4.78 is 11.4. The van der Waals surface area contributed by atoms with Crippen LogP contribution in [-0.2, 0) is 4.79 Å². The summed E-state index contributed by atoms with van der Waals surface area (Å²) in [4.78, 5) is 12.2. The van der Waals surface area contributed by atoms with Crippen LogP contribution in [0.1, 0.15) is 24.5 Å². The summed E-state index contributed by atoms with van der Waals surface area (Å²) in [5, 5.41) is 3.42. The fraction of sp³-hybridized carbons (Fsp3) is 0.350. The highest BCUT2D eigenvalue weighted by molar-refractivity contribution is 6.30. The number of aryl methyl sites for hydroxylation is 2. The van der Waals surface area contributed by atoms with Crippen LogP contribution in [-0.4, -0.2) is 25.2 Å². The van der Waals surface area contributed by atoms with E-state index < -0.39 is 6.10 Å². The lowest BCUT2D eigenvalue weighted by Gasteiger charge is -2.17. The minimum absolute atomic E-state index is 0.161. The van der Waals surface area contributed by atoms with E-state index in [1.807, 2.05) is 32.0 Å². The van der Waals surface area contributed by atoms with Crippen LogP contribution in [0, 0.1) is 13.8 Å². The van der Waals surface area contributed by atoms with Crippen molar-refractivity contribution < 1.29 is 14.3 Å². The number of carbonyl (C=O) groups is 1. The molecule has 2 rings (SSSR count). The van der Waals surface area contributed by atoms with Crippen LogP contribution in [0.4, 0.5) is 0 Å². The Morgan fingerprint density at radius 1 is 1.12 bits per heavy atom. The molecular weight excluding hydrogens is 338 g/mol. The first-order valence-corrected chi connectivity index (χ1v) is 8.77. The van der Waals surface area contributed by atoms with Crippen LogP contribution in [0.15, 0.2) is 42.5 Å². The molecule has 134 valence electrons. The third-order valence-electron chi connectivity index (χ3n) is 3.89. The summed E-state index contributed by atoms with van der Waals surface area (Å²) in [6.07, 6.45) is 0.0104. The van der Waals surface area contributed by atoms with Gasteiger partial charge in [0.2, 0.25) is 0 Å². The SMILES string of the molecule is CC[C@H](Oc1cccc(Cl)c1)C(=O)NCCOc1ccc(C)c(C)c1. The van der Waals surface area contributed by atoms with E-state index in [9.17, 15) is 4.79 Å². The van der Waals surface area contributed by atoms with Gasteiger partial charge in [0.25, 0.3) is 5.91 Å². The highest BCUT2D eigenvalue weighted by Crippen LogP contribution is 2.19. The first-order chi connectivity index (χ1) is 12.0. The number of amides is 1. The number of rotatable bonds is 8. The van der Waals surface area contributed by atoms with Crippen LogP contribution in [0.25, 0.3) is 0 Å². The molecule has 2 aromatic carbocycles. The topological polar surface area (TPSA) is 47.6 Å². The van der Waals surface area contributed by atoms with Crippen LogP contribution < -0.4 is 14.8 Å². The molecule has 0 aliphatic carbocycles. The summed E-state index contributed by atoms with van der Waals surface area (Å²) in [6.45, 7) is 6.83. The van der Waals surface area contributed by atoms with Gasteiger partial charge in [-0.05, 0) is 61.7 Å². The second-order valence-electron chi connectivity index (χ2n) is 5.86. The minimum atomic E-state index is -0.555. The third kappa shape index (κ3) is 5.98. The summed E-state index contributed by atoms with van der Waals surface area (Å²) in [6, 6.07) is 13.0. The first-order valence-electron chi connectivity index (χ1n) is 8.39. The molecule has 0 radical (unpaired) electrons. The van der Waals surface area contributed by atoms with E-state index in [2.05, 4.69) is 12.2 Å². The zero-order chi connectivity index (χ0) is 18.2. The van der Waals surface area contributed by atoms with Gasteiger partial charge in [0.15, 0.2) is 6.10 Å². The molecule has 1 N–H and O–H groups in total. The summed E-state index contributed by atoms with van der Waals surface area (Å²) in [5.41, 5.74) is 2.41. The van der Waals surface area contributed by atoms with Gasteiger partial charge in [0.05, 0.1) is 6.54 Å². The number of ether oxygens (including phenoxy) is 2. The Labute approximate surface area is 154 Å². The average molecular weight is 362 g/mol. The number of hydrogen-bond acceptors (Lipinski definition) is 3. The average Bonchev–Trinajstić information content (AvgIpc) is 2.59. The highest BCUT2D eigenvalue weighted by Gasteiger charge is 2.18. The van der Waals surface area contributed by atoms with Gasteiger partial charge < -0.3 is 14.8 Å². The van der Waals surface area contributed by atoms with Gasteiger partial charge in [-0.25, -0.2) is 0 Å². The molecule has 0 bridgehead atoms. The Kier molecular flexibility index (Phi) is 7.14. The predicted octanol–water partition coefficient (Wildman–Crippen LogP) is 4.31. The maximum Gasteiger partial charge on any atom is 0.261 e. The Hall–Kier alpha value is -2.20. The lowest BCUT2D eigenvalue weighted by atomic mass is 10.1. The Morgan fingerprint density at radius 2 is 1.92 bits per heavy atom. The molecular formula is C20H24ClNO3. The molecule has 0 aliphatic rings. The molecule has 0 saturated carbocycles. The molecule has 0 saturated heterocycles. The standard InChI is InChI=1S/C20H24ClNO3/c1-4-19(25-18-7-5-6-16(21)13-18)20(23)22-10-11-24-17-9-8-14(2)15(3)12-17/h5-9,12-13,19H,4,10-11H2,1-3H3,(H,22,23)/t19-/m0/s1. The number of hydrogen-bond donors (Lipinski definition) is 1. The van der Waals surface area contributed by atoms with Crippen molar-refractivity contribution in [1.29, 1.82) is 0 Å². The fourth-order valence-corrected chi connectivity index (χ4v) is 2.47. The van der Waals surface area contributed by atoms with Gasteiger partial charge in [0.1, 0.15) is 18.1 Å². The fourth-order valence-electron chi connectivity index (χ4n) is 2.29. The number of halogens is 1. The lowest BCUT2D eigenvalue weighted by Crippen LogP contribution is -2.39. The van der Waals surface area contributed by atoms with Crippen LogP contribution >= 0.6 is 11.6 Å². The molecule has 0 spiro atoms. The molecule has 1 atom stereocenters. The van der Waals surface area contributed by atoms with E-state index in [1.165, 1.54) is 11.1 Å². The summed E-state index contributed by atoms with van der Waals surface area (Å²) in [7, 11) is 0. The van der Waals surface area contributed by atoms with Crippen LogP contribution in [0.2, 0.25) is 5.02 Å². The normalized spacial score (nSPS) is 11.7. The van der Waals surface area contributed by atoms with Gasteiger partial charge in [0, 0.05) is 5.02 Å². The third-order valence-corrected chi connectivity index (χ3v) is 4.12. The van der Waals surface area contributed by atoms with Gasteiger partial charge >= 0.3 is 0 Å². The van der Waals surface area contributed by atoms with E-state index in [1.54, 1.807) is 24.3 Å². The van der Waals surface area contributed by atoms with Crippen molar-refractivity contribution in [3.8, 4) is 11.5 Å². The number of benzene rings is 2. The molecule has 5 heteroatoms. The van der Waals surface area contributed by atoms with Gasteiger partial charge in [-0.15, -0.1) is 0 Å². The Morgan fingerprint density at radius 3 is 2.60 bits per heavy atom. The number of carbonyl (C=O) groups excluding carboxylic acids is 1. The van der Waals surface area contributed by atoms with Crippen molar-refractivity contribution in [2.24, 2.45) is 0 Å². The van der Waals surface area contributed by atoms with Crippen molar-refractivity contribution in [3.05, 3.63) is 58.6 Å². The van der Waals surface area contributed by atoms with Gasteiger partial charge in [-0.2, -0.15) is 0 Å². The molecule has 0 aromatic heterocycles. The molecule has 2 aromatic rings. The summed E-state index contributed by atoms with van der Waals surface area (Å²) in [5.74, 6) is 1.23. The first kappa shape index (κ1) is 19.1. The predicted molar refractivity (Wildman–Crippen MR) is 101 cm³/mol. The molecule has 0 unspecified atom stereocenters. The second kappa shape index (κ2) is 9.33. The van der Waals surface area contributed by atoms with Gasteiger partial charge in [-0.1, -0.05) is 30.7 Å². The van der Waals surface area contributed by atoms with Crippen molar-refractivity contribution in [2.45, 2.75) is 33.3 Å². The van der Waals surface area contributed by atoms with Crippen LogP contribution in [0.5, 0.6) is 11.5 Å². The maximum atomic E-state index is 12.2. The number of nitrogens with one attached hydrogen (secondary N) is 1. The van der Waals surface area contributed by atoms with Gasteiger partial charge in [-0.3, -0.25) is 4.79 Å². The molecule has 0 aliphatic heterocycles. The second-order valence-corrected chi connectivity index (χ2v) is 6.29. The molecule has 0 fully saturated rings. The monoisotopic (exact) mass is 361 g/mol. The van der Waals surface area contributed by atoms with Crippen molar-refractivity contribution in [1.82, 2.24) is 5.32 Å². The smallest absolute Gasteiger partial charge is 0.261 e. The quantitative estimate of drug-likeness (QED) is 0.713. The van der Waals surface area contributed by atoms with E-state index in [0.29, 0.717) is 30.3 Å². The molecule has 1 amide bonds.